The van der Waals surface area contributed by atoms with Crippen LogP contribution in [0.1, 0.15) is 0 Å². The van der Waals surface area contributed by atoms with Gasteiger partial charge in [0, 0.05) is 11.8 Å². The summed E-state index contributed by atoms with van der Waals surface area (Å²) < 4.78 is 35.1. The number of hydrogen-bond acceptors (Lipinski definition) is 7. The number of ether oxygens (including phenoxy) is 2. The fourth-order valence-corrected chi connectivity index (χ4v) is 2.14. The molecule has 1 aliphatic heterocycles. The highest BCUT2D eigenvalue weighted by atomic mass is 79.9. The molecule has 0 saturated carbocycles. The fourth-order valence-electron chi connectivity index (χ4n) is 1.72. The van der Waals surface area contributed by atoms with Gasteiger partial charge in [-0.15, -0.1) is 8.78 Å². The van der Waals surface area contributed by atoms with Crippen LogP contribution >= 0.6 is 15.9 Å². The molecule has 0 amide bonds. The van der Waals surface area contributed by atoms with Gasteiger partial charge in [0.1, 0.15) is 16.6 Å². The third-order valence-corrected chi connectivity index (χ3v) is 3.34. The molecule has 3 rings (SSSR count). The Bertz CT molecular complexity index is 700. The summed E-state index contributed by atoms with van der Waals surface area (Å²) in [4.78, 5) is 7.92. The Morgan fingerprint density at radius 1 is 1.14 bits per heavy atom. The van der Waals surface area contributed by atoms with Gasteiger partial charge >= 0.3 is 6.29 Å². The number of hydrogen-bond donors (Lipinski definition) is 3. The lowest BCUT2D eigenvalue weighted by Gasteiger charge is -2.10. The second kappa shape index (κ2) is 4.97. The predicted molar refractivity (Wildman–Crippen MR) is 73.5 cm³/mol. The first-order chi connectivity index (χ1) is 9.98. The zero-order chi connectivity index (χ0) is 15.0. The van der Waals surface area contributed by atoms with E-state index in [9.17, 15) is 8.78 Å². The maximum atomic E-state index is 12.9. The van der Waals surface area contributed by atoms with Crippen molar-refractivity contribution in [3.63, 3.8) is 0 Å². The first-order valence-corrected chi connectivity index (χ1v) is 6.42. The molecular weight excluding hydrogens is 352 g/mol. The van der Waals surface area contributed by atoms with Crippen molar-refractivity contribution in [1.82, 2.24) is 9.97 Å². The Morgan fingerprint density at radius 2 is 1.86 bits per heavy atom. The number of rotatable bonds is 3. The Balaban J connectivity index is 1.87. The van der Waals surface area contributed by atoms with Crippen molar-refractivity contribution >= 4 is 33.3 Å². The fraction of sp³-hybridized carbons (Fsp3) is 0.0909. The molecule has 110 valence electrons. The van der Waals surface area contributed by atoms with Crippen LogP contribution in [0.4, 0.5) is 26.1 Å². The average molecular weight is 360 g/mol. The van der Waals surface area contributed by atoms with E-state index < -0.39 is 6.29 Å². The normalized spacial score (nSPS) is 14.9. The highest BCUT2D eigenvalue weighted by molar-refractivity contribution is 9.10. The average Bonchev–Trinajstić information content (AvgIpc) is 2.74. The molecule has 1 aliphatic rings. The maximum absolute atomic E-state index is 12.9. The van der Waals surface area contributed by atoms with E-state index in [0.29, 0.717) is 21.8 Å². The van der Waals surface area contributed by atoms with Crippen molar-refractivity contribution in [2.45, 2.75) is 6.29 Å². The van der Waals surface area contributed by atoms with Gasteiger partial charge in [-0.05, 0) is 28.1 Å². The number of fused-ring (bicyclic) bond motifs is 1. The van der Waals surface area contributed by atoms with Crippen molar-refractivity contribution in [3.05, 3.63) is 29.0 Å². The van der Waals surface area contributed by atoms with Crippen LogP contribution < -0.4 is 26.1 Å². The van der Waals surface area contributed by atoms with E-state index in [-0.39, 0.29) is 11.5 Å². The van der Waals surface area contributed by atoms with Crippen LogP contribution in [0.25, 0.3) is 0 Å². The minimum atomic E-state index is -3.65. The minimum absolute atomic E-state index is 0.0309. The molecule has 21 heavy (non-hydrogen) atoms. The lowest BCUT2D eigenvalue weighted by atomic mass is 10.3. The number of nitrogens with zero attached hydrogens (tertiary/aromatic N) is 2. The van der Waals surface area contributed by atoms with Crippen molar-refractivity contribution in [2.75, 3.05) is 10.7 Å². The number of nitrogen functional groups attached to an aromatic ring is 1. The van der Waals surface area contributed by atoms with Crippen LogP contribution in [0.5, 0.6) is 11.5 Å². The number of alkyl halides is 2. The number of anilines is 3. The number of aromatic nitrogens is 2. The number of hydrazine groups is 1. The molecule has 10 heteroatoms. The summed E-state index contributed by atoms with van der Waals surface area (Å²) in [6, 6.07) is 4.30. The molecule has 0 radical (unpaired) electrons. The van der Waals surface area contributed by atoms with Crippen LogP contribution in [0.15, 0.2) is 29.0 Å². The van der Waals surface area contributed by atoms with Crippen molar-refractivity contribution < 1.29 is 18.3 Å². The van der Waals surface area contributed by atoms with E-state index in [0.717, 1.165) is 0 Å². The smallest absolute Gasteiger partial charge is 0.395 e. The Morgan fingerprint density at radius 3 is 2.62 bits per heavy atom. The minimum Gasteiger partial charge on any atom is -0.395 e. The van der Waals surface area contributed by atoms with E-state index in [1.807, 2.05) is 0 Å². The third-order valence-electron chi connectivity index (χ3n) is 2.59. The molecule has 1 aromatic heterocycles. The van der Waals surface area contributed by atoms with E-state index in [2.05, 4.69) is 46.1 Å². The standard InChI is InChI=1S/C11H8BrF2N5O2/c12-8-9(16-4-17-10(8)19-15)18-5-1-2-6-7(3-5)21-11(13,14)20-6/h1-4H,15H2,(H2,16,17,18,19). The predicted octanol–water partition coefficient (Wildman–Crippen LogP) is 2.59. The lowest BCUT2D eigenvalue weighted by molar-refractivity contribution is -0.286. The third kappa shape index (κ3) is 2.67. The molecule has 0 spiro atoms. The van der Waals surface area contributed by atoms with Crippen LogP contribution in [-0.2, 0) is 0 Å². The summed E-state index contributed by atoms with van der Waals surface area (Å²) in [7, 11) is 0. The summed E-state index contributed by atoms with van der Waals surface area (Å²) in [5, 5.41) is 2.93. The van der Waals surface area contributed by atoms with Gasteiger partial charge in [-0.1, -0.05) is 0 Å². The van der Waals surface area contributed by atoms with Crippen LogP contribution in [0, 0.1) is 0 Å². The van der Waals surface area contributed by atoms with Crippen molar-refractivity contribution in [2.24, 2.45) is 5.84 Å². The number of benzene rings is 1. The van der Waals surface area contributed by atoms with Crippen molar-refractivity contribution in [1.29, 1.82) is 0 Å². The van der Waals surface area contributed by atoms with Crippen molar-refractivity contribution in [3.8, 4) is 11.5 Å². The zero-order valence-corrected chi connectivity index (χ0v) is 11.8. The lowest BCUT2D eigenvalue weighted by Crippen LogP contribution is -2.25. The largest absolute Gasteiger partial charge is 0.586 e. The molecule has 0 fully saturated rings. The molecule has 0 saturated heterocycles. The van der Waals surface area contributed by atoms with Gasteiger partial charge in [-0.25, -0.2) is 15.8 Å². The highest BCUT2D eigenvalue weighted by Crippen LogP contribution is 2.42. The number of nitrogens with one attached hydrogen (secondary N) is 2. The van der Waals surface area contributed by atoms with E-state index >= 15 is 0 Å². The first-order valence-electron chi connectivity index (χ1n) is 5.62. The van der Waals surface area contributed by atoms with Gasteiger partial charge in [0.15, 0.2) is 17.3 Å². The van der Waals surface area contributed by atoms with Gasteiger partial charge < -0.3 is 20.2 Å². The van der Waals surface area contributed by atoms with Gasteiger partial charge in [0.2, 0.25) is 0 Å². The maximum Gasteiger partial charge on any atom is 0.586 e. The Labute approximate surface area is 125 Å². The van der Waals surface area contributed by atoms with Gasteiger partial charge in [0.05, 0.1) is 0 Å². The Kier molecular flexibility index (Phi) is 3.26. The summed E-state index contributed by atoms with van der Waals surface area (Å²) in [5.41, 5.74) is 2.88. The van der Waals surface area contributed by atoms with Gasteiger partial charge in [-0.3, -0.25) is 0 Å². The molecular formula is C11H8BrF2N5O2. The van der Waals surface area contributed by atoms with Gasteiger partial charge in [-0.2, -0.15) is 0 Å². The second-order valence-corrected chi connectivity index (χ2v) is 4.78. The monoisotopic (exact) mass is 359 g/mol. The van der Waals surface area contributed by atoms with Crippen LogP contribution in [-0.4, -0.2) is 16.3 Å². The molecule has 0 unspecified atom stereocenters. The summed E-state index contributed by atoms with van der Waals surface area (Å²) in [5.74, 6) is 5.99. The highest BCUT2D eigenvalue weighted by Gasteiger charge is 2.43. The second-order valence-electron chi connectivity index (χ2n) is 3.98. The number of halogens is 3. The van der Waals surface area contributed by atoms with Gasteiger partial charge in [0.25, 0.3) is 0 Å². The molecule has 0 atom stereocenters. The molecule has 1 aromatic carbocycles. The summed E-state index contributed by atoms with van der Waals surface area (Å²) >= 11 is 3.27. The van der Waals surface area contributed by atoms with E-state index in [1.54, 1.807) is 6.07 Å². The van der Waals surface area contributed by atoms with Crippen LogP contribution in [0.3, 0.4) is 0 Å². The summed E-state index contributed by atoms with van der Waals surface area (Å²) in [6.45, 7) is 0. The van der Waals surface area contributed by atoms with Crippen LogP contribution in [0.2, 0.25) is 0 Å². The molecule has 7 nitrogen and oxygen atoms in total. The molecule has 2 heterocycles. The quantitative estimate of drug-likeness (QED) is 0.572. The molecule has 2 aromatic rings. The Hall–Kier alpha value is -2.20. The van der Waals surface area contributed by atoms with E-state index in [1.165, 1.54) is 18.5 Å². The topological polar surface area (TPSA) is 94.3 Å². The molecule has 0 bridgehead atoms. The SMILES string of the molecule is NNc1ncnc(Nc2ccc3c(c2)OC(F)(F)O3)c1Br. The number of nitrogens with two attached hydrogens (primary N) is 1. The van der Waals surface area contributed by atoms with E-state index in [4.69, 9.17) is 5.84 Å². The molecule has 4 N–H and O–H groups in total. The molecule has 0 aliphatic carbocycles. The summed E-state index contributed by atoms with van der Waals surface area (Å²) in [6.07, 6.45) is -2.35. The zero-order valence-electron chi connectivity index (χ0n) is 10.2. The first kappa shape index (κ1) is 13.8.